The first kappa shape index (κ1) is 117. The van der Waals surface area contributed by atoms with Gasteiger partial charge in [0, 0.05) is 82.1 Å². The van der Waals surface area contributed by atoms with Gasteiger partial charge in [-0.3, -0.25) is 110 Å². The molecule has 2 aliphatic rings. The number of urea groups is 1. The highest BCUT2D eigenvalue weighted by Crippen LogP contribution is 2.33. The number of rotatable bonds is 70. The lowest BCUT2D eigenvalue weighted by Gasteiger charge is -2.28. The van der Waals surface area contributed by atoms with Crippen LogP contribution >= 0.6 is 24.4 Å². The van der Waals surface area contributed by atoms with Crippen LogP contribution in [0.1, 0.15) is 148 Å². The number of carbonyl (C=O) groups excluding carboxylic acids is 15. The second kappa shape index (κ2) is 66.5. The molecule has 0 radical (unpaired) electrons. The molecule has 135 heavy (non-hydrogen) atoms. The van der Waals surface area contributed by atoms with Crippen molar-refractivity contribution in [2.24, 2.45) is 51.6 Å². The van der Waals surface area contributed by atoms with E-state index >= 15 is 0 Å². The van der Waals surface area contributed by atoms with Crippen molar-refractivity contribution in [3.8, 4) is 0 Å². The van der Waals surface area contributed by atoms with Crippen molar-refractivity contribution in [3.63, 3.8) is 0 Å². The van der Waals surface area contributed by atoms with Crippen molar-refractivity contribution in [1.82, 2.24) is 128 Å². The van der Waals surface area contributed by atoms with Crippen molar-refractivity contribution in [3.05, 3.63) is 0 Å². The molecule has 0 bridgehead atoms. The summed E-state index contributed by atoms with van der Waals surface area (Å²) < 4.78 is 0. The Labute approximate surface area is 789 Å². The van der Waals surface area contributed by atoms with Gasteiger partial charge in [0.1, 0.15) is 54.4 Å². The lowest BCUT2D eigenvalue weighted by Crippen LogP contribution is -2.60. The van der Waals surface area contributed by atoms with Crippen LogP contribution in [0, 0.1) is 43.3 Å². The number of carboxylic acid groups (broad SMARTS) is 1. The van der Waals surface area contributed by atoms with Crippen molar-refractivity contribution in [2.75, 3.05) is 96.6 Å². The molecule has 2 heterocycles. The Bertz CT molecular complexity index is 4010. The summed E-state index contributed by atoms with van der Waals surface area (Å²) in [6.07, 6.45) is 1.55. The van der Waals surface area contributed by atoms with Gasteiger partial charge >= 0.3 is 12.0 Å². The molecule has 0 aromatic rings. The molecule has 2 fully saturated rings. The maximum Gasteiger partial charge on any atom is 0.326 e. The first-order valence-electron chi connectivity index (χ1n) is 44.0. The third kappa shape index (κ3) is 54.0. The zero-order chi connectivity index (χ0) is 101. The summed E-state index contributed by atoms with van der Waals surface area (Å²) in [6.45, 7) is -2.93. The molecule has 16 amide bonds. The number of hydrogen-bond acceptors (Lipinski definition) is 27. The molecule has 51 N–H and O–H groups in total. The molecule has 0 unspecified atom stereocenters. The minimum Gasteiger partial charge on any atom is -0.480 e. The quantitative estimate of drug-likeness (QED) is 0.00884. The number of nitrogens with one attached hydrogen (secondary N) is 32. The molecule has 60 heteroatoms. The number of fused-ring (bicyclic) bond motifs is 1. The van der Waals surface area contributed by atoms with Gasteiger partial charge in [0.15, 0.2) is 47.7 Å². The SMILES string of the molecule is N=C(N)NCCC[C@H](NC(=O)[C@H](CCCNC(=N)N)NC(=O)[C@H](CCCNC(=N)N)NC(=O)[C@H](CCCNC(=N)N)NC(=O)[C@H](CCCNC(=N)N)NC(=O)[C@H](CCCNC(=N)N)NC(=O)[C@H](CCCNC(=N)N)NC(=O)[C@H](CCCNC(=N)N)NC(=O)CNC(=O)CNC(=O)CNC(=O)CNC(=O)[C@H](CCCCNC(=O)CCCC[C@@H]1SC[C@@H]2NC(=O)N[C@@H]21)NC(=O)[C@@H](N)CS)C(=O)O. The summed E-state index contributed by atoms with van der Waals surface area (Å²) in [4.78, 5) is 218. The summed E-state index contributed by atoms with van der Waals surface area (Å²) in [5.41, 5.74) is 49.9. The Morgan fingerprint density at radius 2 is 0.585 bits per heavy atom. The topological polar surface area (TPSA) is 1010 Å². The van der Waals surface area contributed by atoms with Gasteiger partial charge in [-0.15, -0.1) is 0 Å². The summed E-state index contributed by atoms with van der Waals surface area (Å²) >= 11 is 5.84. The fraction of sp³-hybridized carbons (Fsp3) is 0.680. The summed E-state index contributed by atoms with van der Waals surface area (Å²) in [5, 5.41) is 133. The van der Waals surface area contributed by atoms with Gasteiger partial charge in [0.2, 0.25) is 82.7 Å². The third-order valence-corrected chi connectivity index (χ3v) is 22.1. The summed E-state index contributed by atoms with van der Waals surface area (Å²) in [7, 11) is 0. The molecule has 0 aromatic heterocycles. The average Bonchev–Trinajstić information content (AvgIpc) is 1.66. The highest BCUT2D eigenvalue weighted by molar-refractivity contribution is 8.00. The van der Waals surface area contributed by atoms with Crippen LogP contribution in [-0.2, 0) is 71.9 Å². The Morgan fingerprint density at radius 3 is 0.896 bits per heavy atom. The van der Waals surface area contributed by atoms with E-state index in [-0.39, 0.29) is 209 Å². The van der Waals surface area contributed by atoms with Gasteiger partial charge in [-0.25, -0.2) is 9.59 Å². The van der Waals surface area contributed by atoms with Gasteiger partial charge in [-0.2, -0.15) is 24.4 Å². The van der Waals surface area contributed by atoms with E-state index in [2.05, 4.69) is 140 Å². The average molecular weight is 1950 g/mol. The van der Waals surface area contributed by atoms with Gasteiger partial charge in [-0.1, -0.05) is 6.42 Å². The molecule has 2 aliphatic heterocycles. The molecular weight excluding hydrogens is 1810 g/mol. The van der Waals surface area contributed by atoms with Crippen molar-refractivity contribution < 1.29 is 81.8 Å². The van der Waals surface area contributed by atoms with Crippen LogP contribution in [0.15, 0.2) is 0 Å². The predicted octanol–water partition coefficient (Wildman–Crippen LogP) is -13.7. The number of guanidine groups is 8. The van der Waals surface area contributed by atoms with Crippen molar-refractivity contribution in [2.45, 2.75) is 225 Å². The van der Waals surface area contributed by atoms with E-state index in [1.165, 1.54) is 0 Å². The van der Waals surface area contributed by atoms with Crippen LogP contribution in [0.4, 0.5) is 4.79 Å². The number of carboxylic acids is 1. The molecular formula is C75H141N41O17S2. The van der Waals surface area contributed by atoms with Crippen LogP contribution in [0.2, 0.25) is 0 Å². The highest BCUT2D eigenvalue weighted by Gasteiger charge is 2.43. The van der Waals surface area contributed by atoms with E-state index in [1.807, 2.05) is 0 Å². The monoisotopic (exact) mass is 1950 g/mol. The van der Waals surface area contributed by atoms with Crippen LogP contribution < -0.4 is 179 Å². The molecule has 760 valence electrons. The lowest BCUT2D eigenvalue weighted by molar-refractivity contribution is -0.142. The van der Waals surface area contributed by atoms with Crippen LogP contribution in [0.3, 0.4) is 0 Å². The van der Waals surface area contributed by atoms with Gasteiger partial charge < -0.3 is 184 Å². The van der Waals surface area contributed by atoms with E-state index in [0.717, 1.165) is 18.6 Å². The minimum atomic E-state index is -1.65. The fourth-order valence-electron chi connectivity index (χ4n) is 13.2. The maximum atomic E-state index is 15.0. The number of thioether (sulfide) groups is 1. The van der Waals surface area contributed by atoms with E-state index in [1.54, 1.807) is 11.8 Å². The molecule has 0 aromatic carbocycles. The molecule has 2 saturated heterocycles. The second-order valence-electron chi connectivity index (χ2n) is 31.4. The van der Waals surface area contributed by atoms with E-state index in [0.29, 0.717) is 25.7 Å². The Hall–Kier alpha value is -13.9. The van der Waals surface area contributed by atoms with Crippen LogP contribution in [-0.4, -0.2) is 322 Å². The lowest BCUT2D eigenvalue weighted by atomic mass is 10.0. The second-order valence-corrected chi connectivity index (χ2v) is 33.0. The normalized spacial score (nSPS) is 15.5. The number of carbonyl (C=O) groups is 16. The standard InChI is InChI=1S/C75H141N41O17S2/c76-39(37-134)57(122)107-40(13-3-4-24-93-51(117)23-2-1-22-50-56-49(38-135-50)115-75(133)116-56)58(123)105-35-54(120)103-33-52(118)102-34-53(119)104-36-55(121)106-41(14-5-25-94-67(77)78)59(124)108-42(15-6-26-95-68(79)80)60(125)109-43(16-7-27-96-69(81)82)61(126)110-44(17-8-28-97-70(83)84)62(127)111-45(18-9-29-98-71(85)86)63(128)112-46(19-10-30-99-72(87)88)64(129)113-47(20-11-31-100-73(89)90)65(130)114-48(66(131)132)21-12-32-101-74(91)92/h39-50,56,134H,1-38,76H2,(H,93,117)(H,102,118)(H,103,120)(H,104,119)(H,105,123)(H,106,121)(H,107,122)(H,108,124)(H,109,125)(H,110,126)(H,111,127)(H,112,128)(H,113,129)(H,114,130)(H,131,132)(H4,77,78,94)(H4,79,80,95)(H4,81,82,96)(H4,83,84,97)(H4,85,86,98)(H4,87,88,99)(H4,89,90,100)(H4,91,92,101)(H2,115,116,133)/t39-,40-,41-,42-,43-,44-,45-,46-,47-,48-,49-,50-,56-/m0/s1. The van der Waals surface area contributed by atoms with Crippen molar-refractivity contribution in [1.29, 1.82) is 43.3 Å². The first-order valence-corrected chi connectivity index (χ1v) is 45.6. The highest BCUT2D eigenvalue weighted by atomic mass is 32.2. The number of amides is 16. The molecule has 0 aliphatic carbocycles. The molecule has 0 saturated carbocycles. The number of hydrogen-bond donors (Lipinski definition) is 43. The van der Waals surface area contributed by atoms with Gasteiger partial charge in [0.25, 0.3) is 0 Å². The van der Waals surface area contributed by atoms with Crippen LogP contribution in [0.5, 0.6) is 0 Å². The zero-order valence-electron chi connectivity index (χ0n) is 75.4. The van der Waals surface area contributed by atoms with Gasteiger partial charge in [0.05, 0.1) is 44.3 Å². The third-order valence-electron chi connectivity index (χ3n) is 20.2. The number of unbranched alkanes of at least 4 members (excludes halogenated alkanes) is 2. The number of thiol groups is 1. The fourth-order valence-corrected chi connectivity index (χ4v) is 14.9. The first-order chi connectivity index (χ1) is 64.0. The zero-order valence-corrected chi connectivity index (χ0v) is 77.1. The Kier molecular flexibility index (Phi) is 57.7. The molecule has 58 nitrogen and oxygen atoms in total. The van der Waals surface area contributed by atoms with Crippen molar-refractivity contribution >= 4 is 167 Å². The Morgan fingerprint density at radius 1 is 0.319 bits per heavy atom. The van der Waals surface area contributed by atoms with Gasteiger partial charge in [-0.05, 0) is 135 Å². The summed E-state index contributed by atoms with van der Waals surface area (Å²) in [5.74, 6) is -16.8. The molecule has 2 rings (SSSR count). The molecule has 0 spiro atoms. The van der Waals surface area contributed by atoms with E-state index in [4.69, 9.17) is 94.9 Å². The largest absolute Gasteiger partial charge is 0.480 e. The smallest absolute Gasteiger partial charge is 0.326 e. The minimum absolute atomic E-state index is 0.00565. The number of aliphatic carboxylic acids is 1. The molecule has 13 atom stereocenters. The number of nitrogens with two attached hydrogens (primary N) is 9. The van der Waals surface area contributed by atoms with Crippen LogP contribution in [0.25, 0.3) is 0 Å². The van der Waals surface area contributed by atoms with E-state index < -0.39 is 211 Å². The maximum absolute atomic E-state index is 15.0. The Balaban J connectivity index is 2.41. The summed E-state index contributed by atoms with van der Waals surface area (Å²) in [6, 6.07) is -14.9. The predicted molar refractivity (Wildman–Crippen MR) is 503 cm³/mol. The van der Waals surface area contributed by atoms with E-state index in [9.17, 15) is 81.8 Å².